The molecule has 1 aromatic rings. The predicted molar refractivity (Wildman–Crippen MR) is 56.1 cm³/mol. The summed E-state index contributed by atoms with van der Waals surface area (Å²) < 4.78 is 5.04. The quantitative estimate of drug-likeness (QED) is 0.720. The van der Waals surface area contributed by atoms with Gasteiger partial charge in [0, 0.05) is 12.5 Å². The summed E-state index contributed by atoms with van der Waals surface area (Å²) in [6.07, 6.45) is 2.43. The maximum atomic E-state index is 11.0. The summed E-state index contributed by atoms with van der Waals surface area (Å²) in [6, 6.07) is 3.29. The van der Waals surface area contributed by atoms with Crippen LogP contribution in [0.25, 0.3) is 0 Å². The van der Waals surface area contributed by atoms with Crippen molar-refractivity contribution < 1.29 is 14.3 Å². The van der Waals surface area contributed by atoms with E-state index in [1.165, 1.54) is 12.3 Å². The van der Waals surface area contributed by atoms with Gasteiger partial charge in [-0.2, -0.15) is 0 Å². The van der Waals surface area contributed by atoms with Crippen molar-refractivity contribution in [3.63, 3.8) is 0 Å². The molecule has 0 spiro atoms. The van der Waals surface area contributed by atoms with Gasteiger partial charge in [0.2, 0.25) is 5.91 Å². The van der Waals surface area contributed by atoms with Gasteiger partial charge in [-0.3, -0.25) is 4.79 Å². The fourth-order valence-electron chi connectivity index (χ4n) is 1.29. The van der Waals surface area contributed by atoms with Crippen LogP contribution in [0.1, 0.15) is 25.2 Å². The molecule has 0 bridgehead atoms. The average molecular weight is 209 g/mol. The van der Waals surface area contributed by atoms with E-state index in [0.717, 1.165) is 0 Å². The number of hydrogen-bond acceptors (Lipinski definition) is 3. The molecule has 1 amide bonds. The molecule has 0 aromatic carbocycles. The Bertz CT molecular complexity index is 319. The van der Waals surface area contributed by atoms with Crippen molar-refractivity contribution in [2.75, 3.05) is 0 Å². The molecule has 0 radical (unpaired) electrons. The second-order valence-corrected chi connectivity index (χ2v) is 3.38. The molecular weight excluding hydrogens is 194 g/mol. The molecule has 2 N–H and O–H groups in total. The second kappa shape index (κ2) is 5.36. The highest BCUT2D eigenvalue weighted by Crippen LogP contribution is 2.18. The van der Waals surface area contributed by atoms with E-state index in [-0.39, 0.29) is 11.9 Å². The van der Waals surface area contributed by atoms with Crippen LogP contribution in [-0.4, -0.2) is 17.1 Å². The number of amides is 1. The zero-order valence-electron chi connectivity index (χ0n) is 8.64. The summed E-state index contributed by atoms with van der Waals surface area (Å²) in [5, 5.41) is 12.4. The number of hydrogen-bond donors (Lipinski definition) is 2. The van der Waals surface area contributed by atoms with Crippen LogP contribution >= 0.6 is 0 Å². The summed E-state index contributed by atoms with van der Waals surface area (Å²) in [7, 11) is 0. The molecule has 0 saturated carbocycles. The SMILES string of the molecule is C=CC(=O)N[C@@H](C)C[C@H](O)c1ccco1. The Kier molecular flexibility index (Phi) is 4.12. The van der Waals surface area contributed by atoms with Crippen LogP contribution in [0.3, 0.4) is 0 Å². The average Bonchev–Trinajstić information content (AvgIpc) is 2.70. The lowest BCUT2D eigenvalue weighted by atomic mass is 10.1. The summed E-state index contributed by atoms with van der Waals surface area (Å²) in [6.45, 7) is 5.16. The molecule has 2 atom stereocenters. The third kappa shape index (κ3) is 3.59. The molecule has 0 aliphatic heterocycles. The fraction of sp³-hybridized carbons (Fsp3) is 0.364. The Hall–Kier alpha value is -1.55. The number of carbonyl (C=O) groups is 1. The van der Waals surface area contributed by atoms with Gasteiger partial charge >= 0.3 is 0 Å². The van der Waals surface area contributed by atoms with Crippen LogP contribution in [0.2, 0.25) is 0 Å². The summed E-state index contributed by atoms with van der Waals surface area (Å²) in [5.41, 5.74) is 0. The Morgan fingerprint density at radius 2 is 2.53 bits per heavy atom. The smallest absolute Gasteiger partial charge is 0.243 e. The molecule has 0 aliphatic rings. The molecule has 0 aliphatic carbocycles. The standard InChI is InChI=1S/C11H15NO3/c1-3-11(14)12-8(2)7-9(13)10-5-4-6-15-10/h3-6,8-9,13H,1,7H2,2H3,(H,12,14)/t8-,9-/m0/s1. The largest absolute Gasteiger partial charge is 0.467 e. The van der Waals surface area contributed by atoms with Crippen molar-refractivity contribution in [2.24, 2.45) is 0 Å². The molecule has 4 heteroatoms. The minimum absolute atomic E-state index is 0.129. The van der Waals surface area contributed by atoms with Crippen molar-refractivity contribution in [3.05, 3.63) is 36.8 Å². The van der Waals surface area contributed by atoms with Crippen molar-refractivity contribution in [2.45, 2.75) is 25.5 Å². The number of aliphatic hydroxyl groups is 1. The van der Waals surface area contributed by atoms with Gasteiger partial charge in [-0.15, -0.1) is 0 Å². The van der Waals surface area contributed by atoms with E-state index in [1.54, 1.807) is 12.1 Å². The zero-order chi connectivity index (χ0) is 11.3. The Morgan fingerprint density at radius 3 is 3.07 bits per heavy atom. The van der Waals surface area contributed by atoms with E-state index < -0.39 is 6.10 Å². The Labute approximate surface area is 88.6 Å². The maximum Gasteiger partial charge on any atom is 0.243 e. The lowest BCUT2D eigenvalue weighted by Crippen LogP contribution is -2.32. The first kappa shape index (κ1) is 11.5. The highest BCUT2D eigenvalue weighted by Gasteiger charge is 2.15. The minimum atomic E-state index is -0.694. The molecule has 1 rings (SSSR count). The van der Waals surface area contributed by atoms with Crippen molar-refractivity contribution in [1.82, 2.24) is 5.32 Å². The van der Waals surface area contributed by atoms with E-state index in [0.29, 0.717) is 12.2 Å². The minimum Gasteiger partial charge on any atom is -0.467 e. The van der Waals surface area contributed by atoms with Crippen LogP contribution in [0, 0.1) is 0 Å². The molecule has 0 saturated heterocycles. The van der Waals surface area contributed by atoms with Crippen LogP contribution in [0.15, 0.2) is 35.5 Å². The molecule has 0 unspecified atom stereocenters. The van der Waals surface area contributed by atoms with Gasteiger partial charge in [-0.05, 0) is 25.1 Å². The van der Waals surface area contributed by atoms with E-state index in [1.807, 2.05) is 6.92 Å². The third-order valence-electron chi connectivity index (χ3n) is 2.02. The van der Waals surface area contributed by atoms with E-state index in [2.05, 4.69) is 11.9 Å². The normalized spacial score (nSPS) is 14.3. The van der Waals surface area contributed by atoms with Crippen LogP contribution in [0.4, 0.5) is 0 Å². The topological polar surface area (TPSA) is 62.5 Å². The number of nitrogens with one attached hydrogen (secondary N) is 1. The highest BCUT2D eigenvalue weighted by molar-refractivity contribution is 5.87. The van der Waals surface area contributed by atoms with Gasteiger partial charge < -0.3 is 14.8 Å². The fourth-order valence-corrected chi connectivity index (χ4v) is 1.29. The van der Waals surface area contributed by atoms with Gasteiger partial charge in [0.05, 0.1) is 6.26 Å². The van der Waals surface area contributed by atoms with Gasteiger partial charge in [0.25, 0.3) is 0 Å². The van der Waals surface area contributed by atoms with Gasteiger partial charge in [-0.25, -0.2) is 0 Å². The lowest BCUT2D eigenvalue weighted by Gasteiger charge is -2.15. The Balaban J connectivity index is 2.41. The highest BCUT2D eigenvalue weighted by atomic mass is 16.4. The molecule has 4 nitrogen and oxygen atoms in total. The molecule has 82 valence electrons. The lowest BCUT2D eigenvalue weighted by molar-refractivity contribution is -0.117. The van der Waals surface area contributed by atoms with Gasteiger partial charge in [-0.1, -0.05) is 6.58 Å². The first-order valence-corrected chi connectivity index (χ1v) is 4.78. The number of aliphatic hydroxyl groups excluding tert-OH is 1. The van der Waals surface area contributed by atoms with Crippen LogP contribution in [-0.2, 0) is 4.79 Å². The molecule has 0 fully saturated rings. The van der Waals surface area contributed by atoms with E-state index >= 15 is 0 Å². The van der Waals surface area contributed by atoms with Crippen molar-refractivity contribution >= 4 is 5.91 Å². The summed E-state index contributed by atoms with van der Waals surface area (Å²) >= 11 is 0. The van der Waals surface area contributed by atoms with Gasteiger partial charge in [0.1, 0.15) is 11.9 Å². The molecule has 1 heterocycles. The Morgan fingerprint density at radius 1 is 1.80 bits per heavy atom. The van der Waals surface area contributed by atoms with Gasteiger partial charge in [0.15, 0.2) is 0 Å². The zero-order valence-corrected chi connectivity index (χ0v) is 8.64. The van der Waals surface area contributed by atoms with E-state index in [9.17, 15) is 9.90 Å². The number of rotatable bonds is 5. The predicted octanol–water partition coefficient (Wildman–Crippen LogP) is 1.39. The summed E-state index contributed by atoms with van der Waals surface area (Å²) in [5.74, 6) is 0.267. The molecule has 1 aromatic heterocycles. The van der Waals surface area contributed by atoms with Crippen LogP contribution < -0.4 is 5.32 Å². The number of furan rings is 1. The maximum absolute atomic E-state index is 11.0. The second-order valence-electron chi connectivity index (χ2n) is 3.38. The van der Waals surface area contributed by atoms with Crippen molar-refractivity contribution in [1.29, 1.82) is 0 Å². The molecule has 15 heavy (non-hydrogen) atoms. The van der Waals surface area contributed by atoms with Crippen molar-refractivity contribution in [3.8, 4) is 0 Å². The third-order valence-corrected chi connectivity index (χ3v) is 2.02. The van der Waals surface area contributed by atoms with E-state index in [4.69, 9.17) is 4.42 Å². The number of carbonyl (C=O) groups excluding carboxylic acids is 1. The first-order chi connectivity index (χ1) is 7.13. The van der Waals surface area contributed by atoms with Crippen LogP contribution in [0.5, 0.6) is 0 Å². The molecular formula is C11H15NO3. The monoisotopic (exact) mass is 209 g/mol. The summed E-state index contributed by atoms with van der Waals surface area (Å²) in [4.78, 5) is 11.0. The first-order valence-electron chi connectivity index (χ1n) is 4.78.